The van der Waals surface area contributed by atoms with Gasteiger partial charge in [0.05, 0.1) is 11.4 Å². The predicted molar refractivity (Wildman–Crippen MR) is 129 cm³/mol. The number of carbonyl (C=O) groups excluding carboxylic acids is 1. The molecule has 4 rings (SSSR count). The molecule has 184 valence electrons. The Hall–Kier alpha value is -4.29. The molecule has 0 radical (unpaired) electrons. The minimum Gasteiger partial charge on any atom is -0.399 e. The van der Waals surface area contributed by atoms with Gasteiger partial charge in [-0.25, -0.2) is 0 Å². The summed E-state index contributed by atoms with van der Waals surface area (Å²) in [5.74, 6) is -2.28. The Labute approximate surface area is 203 Å². The molecule has 4 aromatic carbocycles. The number of benzene rings is 4. The van der Waals surface area contributed by atoms with Gasteiger partial charge in [0.15, 0.2) is 0 Å². The number of carbonyl (C=O) groups is 1. The second-order valence-electron chi connectivity index (χ2n) is 7.61. The Morgan fingerprint density at radius 2 is 1.42 bits per heavy atom. The Balaban J connectivity index is 1.79. The fourth-order valence-corrected chi connectivity index (χ4v) is 4.16. The van der Waals surface area contributed by atoms with Crippen LogP contribution in [-0.2, 0) is 14.9 Å². The second-order valence-corrected chi connectivity index (χ2v) is 9.00. The van der Waals surface area contributed by atoms with E-state index in [1.165, 1.54) is 24.3 Å². The molecule has 0 spiro atoms. The topological polar surface area (TPSA) is 134 Å². The third kappa shape index (κ3) is 5.34. The van der Waals surface area contributed by atoms with Crippen molar-refractivity contribution < 1.29 is 30.9 Å². The van der Waals surface area contributed by atoms with Gasteiger partial charge in [-0.3, -0.25) is 9.35 Å². The lowest BCUT2D eigenvalue weighted by Crippen LogP contribution is -2.30. The van der Waals surface area contributed by atoms with E-state index < -0.39 is 38.5 Å². The highest BCUT2D eigenvalue weighted by Crippen LogP contribution is 2.39. The Kier molecular flexibility index (Phi) is 6.48. The van der Waals surface area contributed by atoms with Crippen LogP contribution in [0.3, 0.4) is 0 Å². The number of fused-ring (bicyclic) bond motifs is 1. The highest BCUT2D eigenvalue weighted by atomic mass is 32.2. The molecule has 8 nitrogen and oxygen atoms in total. The number of nitrogens with one attached hydrogen (secondary N) is 1. The lowest BCUT2D eigenvalue weighted by molar-refractivity contribution is -0.167. The molecule has 0 heterocycles. The van der Waals surface area contributed by atoms with Gasteiger partial charge in [-0.2, -0.15) is 26.7 Å². The van der Waals surface area contributed by atoms with Crippen molar-refractivity contribution in [3.63, 3.8) is 0 Å². The quantitative estimate of drug-likeness (QED) is 0.164. The van der Waals surface area contributed by atoms with Gasteiger partial charge in [-0.15, -0.1) is 5.11 Å². The monoisotopic (exact) mass is 514 g/mol. The summed E-state index contributed by atoms with van der Waals surface area (Å²) >= 11 is 0. The number of amides is 1. The average Bonchev–Trinajstić information content (AvgIpc) is 2.83. The highest BCUT2D eigenvalue weighted by Gasteiger charge is 2.39. The number of anilines is 2. The van der Waals surface area contributed by atoms with Crippen molar-refractivity contribution in [3.05, 3.63) is 78.9 Å². The van der Waals surface area contributed by atoms with Gasteiger partial charge < -0.3 is 11.1 Å². The predicted octanol–water partition coefficient (Wildman–Crippen LogP) is 6.25. The van der Waals surface area contributed by atoms with E-state index in [2.05, 4.69) is 10.2 Å². The molecule has 0 aliphatic heterocycles. The molecule has 0 bridgehead atoms. The zero-order valence-corrected chi connectivity index (χ0v) is 19.0. The Morgan fingerprint density at radius 1 is 0.861 bits per heavy atom. The molecule has 0 aromatic heterocycles. The fourth-order valence-electron chi connectivity index (χ4n) is 3.44. The minimum absolute atomic E-state index is 0.0853. The second kappa shape index (κ2) is 9.40. The molecule has 36 heavy (non-hydrogen) atoms. The maximum atomic E-state index is 13.0. The number of nitrogens with two attached hydrogens (primary N) is 1. The van der Waals surface area contributed by atoms with E-state index in [0.717, 1.165) is 17.2 Å². The molecular formula is C24H17F3N4O4S. The first kappa shape index (κ1) is 24.8. The first-order valence-corrected chi connectivity index (χ1v) is 11.7. The van der Waals surface area contributed by atoms with Gasteiger partial charge in [0.2, 0.25) is 0 Å². The van der Waals surface area contributed by atoms with Gasteiger partial charge in [0.1, 0.15) is 10.6 Å². The molecule has 0 unspecified atom stereocenters. The molecule has 0 atom stereocenters. The zero-order chi connectivity index (χ0) is 26.1. The van der Waals surface area contributed by atoms with Crippen LogP contribution >= 0.6 is 0 Å². The highest BCUT2D eigenvalue weighted by molar-refractivity contribution is 7.86. The minimum atomic E-state index is -5.21. The zero-order valence-electron chi connectivity index (χ0n) is 18.2. The average molecular weight is 514 g/mol. The summed E-state index contributed by atoms with van der Waals surface area (Å²) in [6.45, 7) is 0. The number of alkyl halides is 3. The SMILES string of the molecule is Nc1ccc(-c2ccc(/N=N/c3cc(S(=O)(=O)O)c4ccccc4c3NC(=O)C(F)(F)F)cc2)cc1. The van der Waals surface area contributed by atoms with Crippen LogP contribution in [0.15, 0.2) is 94.0 Å². The van der Waals surface area contributed by atoms with Crippen molar-refractivity contribution >= 4 is 49.5 Å². The molecule has 0 fully saturated rings. The molecule has 1 amide bonds. The van der Waals surface area contributed by atoms with Crippen LogP contribution < -0.4 is 11.1 Å². The molecule has 0 saturated carbocycles. The number of nitrogens with zero attached hydrogens (tertiary/aromatic N) is 2. The molecule has 0 aliphatic rings. The van der Waals surface area contributed by atoms with E-state index in [9.17, 15) is 30.9 Å². The number of halogens is 3. The van der Waals surface area contributed by atoms with Crippen molar-refractivity contribution in [3.8, 4) is 11.1 Å². The molecule has 0 aliphatic carbocycles. The van der Waals surface area contributed by atoms with Crippen LogP contribution in [0.1, 0.15) is 0 Å². The maximum Gasteiger partial charge on any atom is 0.471 e. The van der Waals surface area contributed by atoms with E-state index in [0.29, 0.717) is 11.4 Å². The largest absolute Gasteiger partial charge is 0.471 e. The van der Waals surface area contributed by atoms with E-state index >= 15 is 0 Å². The van der Waals surface area contributed by atoms with Gasteiger partial charge in [0, 0.05) is 16.5 Å². The van der Waals surface area contributed by atoms with Gasteiger partial charge in [0.25, 0.3) is 10.1 Å². The van der Waals surface area contributed by atoms with Crippen LogP contribution in [0.5, 0.6) is 0 Å². The molecule has 0 saturated heterocycles. The van der Waals surface area contributed by atoms with Crippen LogP contribution in [-0.4, -0.2) is 25.1 Å². The number of hydrogen-bond donors (Lipinski definition) is 3. The van der Waals surface area contributed by atoms with Crippen LogP contribution in [0, 0.1) is 0 Å². The third-order valence-corrected chi connectivity index (χ3v) is 6.04. The lowest BCUT2D eigenvalue weighted by Gasteiger charge is -2.14. The van der Waals surface area contributed by atoms with Crippen LogP contribution in [0.25, 0.3) is 21.9 Å². The van der Waals surface area contributed by atoms with E-state index in [1.54, 1.807) is 41.7 Å². The van der Waals surface area contributed by atoms with E-state index in [-0.39, 0.29) is 10.8 Å². The first-order chi connectivity index (χ1) is 16.9. The van der Waals surface area contributed by atoms with Crippen molar-refractivity contribution in [2.75, 3.05) is 11.1 Å². The van der Waals surface area contributed by atoms with Crippen molar-refractivity contribution in [2.24, 2.45) is 10.2 Å². The maximum absolute atomic E-state index is 13.0. The van der Waals surface area contributed by atoms with Crippen LogP contribution in [0.4, 0.5) is 35.9 Å². The smallest absolute Gasteiger partial charge is 0.399 e. The molecule has 12 heteroatoms. The summed E-state index contributed by atoms with van der Waals surface area (Å²) in [7, 11) is -4.79. The van der Waals surface area contributed by atoms with Crippen LogP contribution in [0.2, 0.25) is 0 Å². The lowest BCUT2D eigenvalue weighted by atomic mass is 10.1. The van der Waals surface area contributed by atoms with Crippen molar-refractivity contribution in [1.29, 1.82) is 0 Å². The molecular weight excluding hydrogens is 497 g/mol. The number of azo groups is 1. The van der Waals surface area contributed by atoms with E-state index in [1.807, 2.05) is 12.1 Å². The summed E-state index contributed by atoms with van der Waals surface area (Å²) in [4.78, 5) is 11.1. The molecule has 4 N–H and O–H groups in total. The standard InChI is InChI=1S/C24H17F3N4O4S/c25-24(26,27)23(32)29-22-19-4-2-1-3-18(19)21(36(33,34)35)13-20(22)31-30-17-11-7-15(8-12-17)14-5-9-16(28)10-6-14/h1-13H,28H2,(H,29,32)(H,33,34,35)/b31-30+. The summed E-state index contributed by atoms with van der Waals surface area (Å²) in [5, 5.41) is 9.43. The summed E-state index contributed by atoms with van der Waals surface area (Å²) in [6, 6.07) is 20.0. The first-order valence-electron chi connectivity index (χ1n) is 10.2. The molecule has 4 aromatic rings. The summed E-state index contributed by atoms with van der Waals surface area (Å²) in [6.07, 6.45) is -5.21. The van der Waals surface area contributed by atoms with Crippen molar-refractivity contribution in [1.82, 2.24) is 0 Å². The number of rotatable bonds is 5. The summed E-state index contributed by atoms with van der Waals surface area (Å²) in [5.41, 5.74) is 7.51. The number of nitrogen functional groups attached to an aromatic ring is 1. The number of hydrogen-bond acceptors (Lipinski definition) is 6. The Bertz CT molecular complexity index is 1590. The third-order valence-electron chi connectivity index (χ3n) is 5.14. The normalized spacial score (nSPS) is 12.2. The fraction of sp³-hybridized carbons (Fsp3) is 0.0417. The van der Waals surface area contributed by atoms with Gasteiger partial charge in [-0.05, 0) is 41.5 Å². The summed E-state index contributed by atoms with van der Waals surface area (Å²) < 4.78 is 72.5. The van der Waals surface area contributed by atoms with E-state index in [4.69, 9.17) is 5.73 Å². The van der Waals surface area contributed by atoms with Gasteiger partial charge >= 0.3 is 12.1 Å². The Morgan fingerprint density at radius 3 is 1.97 bits per heavy atom. The van der Waals surface area contributed by atoms with Crippen molar-refractivity contribution in [2.45, 2.75) is 11.1 Å². The van der Waals surface area contributed by atoms with Gasteiger partial charge in [-0.1, -0.05) is 48.5 Å².